The number of para-hydroxylation sites is 1. The van der Waals surface area contributed by atoms with Crippen LogP contribution in [0.3, 0.4) is 0 Å². The van der Waals surface area contributed by atoms with Gasteiger partial charge in [-0.15, -0.1) is 0 Å². The SMILES string of the molecule is Cc1ccc(CC(=O)OCC(=O)N2c3ccccc3C[C@@H]2C)cc1. The van der Waals surface area contributed by atoms with Gasteiger partial charge in [0.15, 0.2) is 6.61 Å². The number of esters is 1. The first-order chi connectivity index (χ1) is 11.5. The monoisotopic (exact) mass is 323 g/mol. The van der Waals surface area contributed by atoms with Crippen molar-refractivity contribution in [2.75, 3.05) is 11.5 Å². The van der Waals surface area contributed by atoms with Gasteiger partial charge < -0.3 is 9.64 Å². The van der Waals surface area contributed by atoms with Gasteiger partial charge in [0.05, 0.1) is 6.42 Å². The van der Waals surface area contributed by atoms with Crippen LogP contribution < -0.4 is 4.90 Å². The normalized spacial score (nSPS) is 15.9. The molecule has 0 saturated carbocycles. The van der Waals surface area contributed by atoms with Crippen molar-refractivity contribution in [2.45, 2.75) is 32.7 Å². The summed E-state index contributed by atoms with van der Waals surface area (Å²) < 4.78 is 5.18. The average molecular weight is 323 g/mol. The van der Waals surface area contributed by atoms with Gasteiger partial charge in [-0.25, -0.2) is 0 Å². The van der Waals surface area contributed by atoms with Gasteiger partial charge in [-0.05, 0) is 37.5 Å². The van der Waals surface area contributed by atoms with E-state index >= 15 is 0 Å². The summed E-state index contributed by atoms with van der Waals surface area (Å²) in [6.07, 6.45) is 1.01. The zero-order valence-corrected chi connectivity index (χ0v) is 14.0. The van der Waals surface area contributed by atoms with E-state index < -0.39 is 0 Å². The van der Waals surface area contributed by atoms with Crippen molar-refractivity contribution in [1.82, 2.24) is 0 Å². The topological polar surface area (TPSA) is 46.6 Å². The number of carbonyl (C=O) groups excluding carboxylic acids is 2. The molecule has 0 aromatic heterocycles. The van der Waals surface area contributed by atoms with Crippen LogP contribution in [0.2, 0.25) is 0 Å². The molecule has 1 aliphatic rings. The molecular formula is C20H21NO3. The molecule has 1 atom stereocenters. The number of hydrogen-bond donors (Lipinski definition) is 0. The Morgan fingerprint density at radius 3 is 2.58 bits per heavy atom. The van der Waals surface area contributed by atoms with Crippen molar-refractivity contribution in [1.29, 1.82) is 0 Å². The summed E-state index contributed by atoms with van der Waals surface area (Å²) in [5.74, 6) is -0.558. The number of ether oxygens (including phenoxy) is 1. The Kier molecular flexibility index (Phi) is 4.65. The second-order valence-corrected chi connectivity index (χ2v) is 6.27. The van der Waals surface area contributed by atoms with Gasteiger partial charge in [0.1, 0.15) is 0 Å². The van der Waals surface area contributed by atoms with Gasteiger partial charge in [-0.2, -0.15) is 0 Å². The fourth-order valence-corrected chi connectivity index (χ4v) is 3.08. The number of amides is 1. The average Bonchev–Trinajstić information content (AvgIpc) is 2.90. The number of fused-ring (bicyclic) bond motifs is 1. The molecule has 1 amide bonds. The molecule has 24 heavy (non-hydrogen) atoms. The molecule has 2 aromatic carbocycles. The smallest absolute Gasteiger partial charge is 0.310 e. The quantitative estimate of drug-likeness (QED) is 0.813. The number of anilines is 1. The first kappa shape index (κ1) is 16.2. The molecule has 4 heteroatoms. The largest absolute Gasteiger partial charge is 0.455 e. The highest BCUT2D eigenvalue weighted by Crippen LogP contribution is 2.31. The summed E-state index contributed by atoms with van der Waals surface area (Å²) in [5, 5.41) is 0. The Bertz CT molecular complexity index is 752. The summed E-state index contributed by atoms with van der Waals surface area (Å²) >= 11 is 0. The van der Waals surface area contributed by atoms with Crippen LogP contribution in [0, 0.1) is 6.92 Å². The Morgan fingerprint density at radius 1 is 1.12 bits per heavy atom. The van der Waals surface area contributed by atoms with Gasteiger partial charge in [-0.1, -0.05) is 48.0 Å². The van der Waals surface area contributed by atoms with Crippen LogP contribution in [0.1, 0.15) is 23.6 Å². The van der Waals surface area contributed by atoms with Crippen LogP contribution in [-0.4, -0.2) is 24.5 Å². The molecule has 0 fully saturated rings. The lowest BCUT2D eigenvalue weighted by molar-refractivity contribution is -0.147. The van der Waals surface area contributed by atoms with Crippen LogP contribution in [-0.2, 0) is 27.2 Å². The van der Waals surface area contributed by atoms with E-state index in [0.717, 1.165) is 28.8 Å². The molecular weight excluding hydrogens is 302 g/mol. The van der Waals surface area contributed by atoms with Crippen molar-refractivity contribution < 1.29 is 14.3 Å². The lowest BCUT2D eigenvalue weighted by atomic mass is 10.1. The number of aryl methyl sites for hydroxylation is 1. The number of rotatable bonds is 4. The van der Waals surface area contributed by atoms with E-state index in [-0.39, 0.29) is 30.9 Å². The van der Waals surface area contributed by atoms with E-state index in [1.165, 1.54) is 0 Å². The lowest BCUT2D eigenvalue weighted by Crippen LogP contribution is -2.38. The van der Waals surface area contributed by atoms with Crippen molar-refractivity contribution in [3.05, 3.63) is 65.2 Å². The molecule has 0 unspecified atom stereocenters. The van der Waals surface area contributed by atoms with E-state index in [2.05, 4.69) is 0 Å². The Balaban J connectivity index is 1.57. The van der Waals surface area contributed by atoms with Gasteiger partial charge >= 0.3 is 5.97 Å². The third kappa shape index (κ3) is 3.48. The van der Waals surface area contributed by atoms with E-state index in [1.807, 2.05) is 62.4 Å². The van der Waals surface area contributed by atoms with Crippen molar-refractivity contribution >= 4 is 17.6 Å². The molecule has 4 nitrogen and oxygen atoms in total. The van der Waals surface area contributed by atoms with E-state index in [4.69, 9.17) is 4.74 Å². The molecule has 0 radical (unpaired) electrons. The van der Waals surface area contributed by atoms with Gasteiger partial charge in [0.2, 0.25) is 0 Å². The molecule has 1 heterocycles. The maximum atomic E-state index is 12.5. The highest BCUT2D eigenvalue weighted by molar-refractivity contribution is 5.97. The van der Waals surface area contributed by atoms with Crippen molar-refractivity contribution in [2.24, 2.45) is 0 Å². The Morgan fingerprint density at radius 2 is 1.83 bits per heavy atom. The molecule has 0 N–H and O–H groups in total. The summed E-state index contributed by atoms with van der Waals surface area (Å²) in [5.41, 5.74) is 4.11. The zero-order valence-electron chi connectivity index (χ0n) is 14.0. The first-order valence-electron chi connectivity index (χ1n) is 8.15. The highest BCUT2D eigenvalue weighted by Gasteiger charge is 2.30. The van der Waals surface area contributed by atoms with Gasteiger partial charge in [-0.3, -0.25) is 9.59 Å². The highest BCUT2D eigenvalue weighted by atomic mass is 16.5. The molecule has 0 bridgehead atoms. The predicted octanol–water partition coefficient (Wildman–Crippen LogP) is 3.06. The van der Waals surface area contributed by atoms with E-state index in [1.54, 1.807) is 4.90 Å². The van der Waals surface area contributed by atoms with Gasteiger partial charge in [0.25, 0.3) is 5.91 Å². The number of nitrogens with zero attached hydrogens (tertiary/aromatic N) is 1. The standard InChI is InChI=1S/C20H21NO3/c1-14-7-9-16(10-8-14)12-20(23)24-13-19(22)21-15(2)11-17-5-3-4-6-18(17)21/h3-10,15H,11-13H2,1-2H3/t15-/m0/s1. The maximum Gasteiger partial charge on any atom is 0.310 e. The lowest BCUT2D eigenvalue weighted by Gasteiger charge is -2.22. The Hall–Kier alpha value is -2.62. The molecule has 0 saturated heterocycles. The Labute approximate surface area is 142 Å². The number of benzene rings is 2. The number of carbonyl (C=O) groups is 2. The second-order valence-electron chi connectivity index (χ2n) is 6.27. The van der Waals surface area contributed by atoms with Crippen LogP contribution in [0.15, 0.2) is 48.5 Å². The fourth-order valence-electron chi connectivity index (χ4n) is 3.08. The number of hydrogen-bond acceptors (Lipinski definition) is 3. The first-order valence-corrected chi connectivity index (χ1v) is 8.15. The molecule has 124 valence electrons. The van der Waals surface area contributed by atoms with Crippen molar-refractivity contribution in [3.63, 3.8) is 0 Å². The maximum absolute atomic E-state index is 12.5. The van der Waals surface area contributed by atoms with Gasteiger partial charge in [0, 0.05) is 11.7 Å². The predicted molar refractivity (Wildman–Crippen MR) is 92.9 cm³/mol. The molecule has 0 aliphatic carbocycles. The van der Waals surface area contributed by atoms with Crippen LogP contribution in [0.5, 0.6) is 0 Å². The summed E-state index contributed by atoms with van der Waals surface area (Å²) in [7, 11) is 0. The molecule has 3 rings (SSSR count). The van der Waals surface area contributed by atoms with Crippen LogP contribution >= 0.6 is 0 Å². The zero-order chi connectivity index (χ0) is 17.1. The summed E-state index contributed by atoms with van der Waals surface area (Å²) in [6, 6.07) is 15.7. The van der Waals surface area contributed by atoms with Crippen LogP contribution in [0.4, 0.5) is 5.69 Å². The van der Waals surface area contributed by atoms with E-state index in [9.17, 15) is 9.59 Å². The van der Waals surface area contributed by atoms with E-state index in [0.29, 0.717) is 0 Å². The van der Waals surface area contributed by atoms with Crippen LogP contribution in [0.25, 0.3) is 0 Å². The third-order valence-electron chi connectivity index (χ3n) is 4.30. The van der Waals surface area contributed by atoms with Crippen molar-refractivity contribution in [3.8, 4) is 0 Å². The fraction of sp³-hybridized carbons (Fsp3) is 0.300. The minimum atomic E-state index is -0.382. The molecule has 2 aromatic rings. The summed E-state index contributed by atoms with van der Waals surface area (Å²) in [4.78, 5) is 26.2. The summed E-state index contributed by atoms with van der Waals surface area (Å²) in [6.45, 7) is 3.78. The minimum absolute atomic E-state index is 0.0886. The molecule has 1 aliphatic heterocycles. The second kappa shape index (κ2) is 6.87. The minimum Gasteiger partial charge on any atom is -0.455 e. The molecule has 0 spiro atoms. The third-order valence-corrected chi connectivity index (χ3v) is 4.30.